The van der Waals surface area contributed by atoms with Crippen LogP contribution in [0.25, 0.3) is 0 Å². The SMILES string of the molecule is C=C(C=CCl)C(=O)O. The van der Waals surface area contributed by atoms with Crippen LogP contribution in [0.5, 0.6) is 0 Å². The van der Waals surface area contributed by atoms with Crippen LogP contribution in [0.15, 0.2) is 23.8 Å². The molecule has 0 spiro atoms. The van der Waals surface area contributed by atoms with E-state index in [1.54, 1.807) is 0 Å². The van der Waals surface area contributed by atoms with Gasteiger partial charge in [-0.25, -0.2) is 4.79 Å². The lowest BCUT2D eigenvalue weighted by atomic mass is 10.3. The molecule has 0 saturated carbocycles. The summed E-state index contributed by atoms with van der Waals surface area (Å²) in [5, 5.41) is 8.10. The molecule has 0 rings (SSSR count). The van der Waals surface area contributed by atoms with Crippen molar-refractivity contribution in [1.29, 1.82) is 0 Å². The average Bonchev–Trinajstić information content (AvgIpc) is 1.67. The fraction of sp³-hybridized carbons (Fsp3) is 0. The molecule has 0 amide bonds. The van der Waals surface area contributed by atoms with Crippen LogP contribution in [-0.4, -0.2) is 11.1 Å². The molecule has 2 nitrogen and oxygen atoms in total. The van der Waals surface area contributed by atoms with E-state index in [-0.39, 0.29) is 5.57 Å². The summed E-state index contributed by atoms with van der Waals surface area (Å²) < 4.78 is 0. The monoisotopic (exact) mass is 132 g/mol. The van der Waals surface area contributed by atoms with Gasteiger partial charge in [0.15, 0.2) is 0 Å². The van der Waals surface area contributed by atoms with Gasteiger partial charge in [0.1, 0.15) is 0 Å². The molecule has 1 N–H and O–H groups in total. The Hall–Kier alpha value is -0.760. The molecule has 3 heteroatoms. The minimum absolute atomic E-state index is 0.0139. The van der Waals surface area contributed by atoms with Gasteiger partial charge in [-0.15, -0.1) is 0 Å². The van der Waals surface area contributed by atoms with E-state index in [4.69, 9.17) is 16.7 Å². The second-order valence-electron chi connectivity index (χ2n) is 1.12. The zero-order chi connectivity index (χ0) is 6.57. The number of carboxylic acid groups (broad SMARTS) is 1. The predicted molar refractivity (Wildman–Crippen MR) is 31.8 cm³/mol. The fourth-order valence-electron chi connectivity index (χ4n) is 0.147. The highest BCUT2D eigenvalue weighted by Gasteiger charge is 1.95. The van der Waals surface area contributed by atoms with E-state index in [0.29, 0.717) is 0 Å². The van der Waals surface area contributed by atoms with Gasteiger partial charge in [0.05, 0.1) is 5.57 Å². The standard InChI is InChI=1S/C5H5ClO2/c1-4(2-3-6)5(7)8/h2-3H,1H2,(H,7,8). The van der Waals surface area contributed by atoms with Crippen molar-refractivity contribution in [3.8, 4) is 0 Å². The lowest BCUT2D eigenvalue weighted by Crippen LogP contribution is -1.94. The van der Waals surface area contributed by atoms with Crippen molar-refractivity contribution in [3.63, 3.8) is 0 Å². The molecular weight excluding hydrogens is 128 g/mol. The summed E-state index contributed by atoms with van der Waals surface area (Å²) in [5.74, 6) is -1.05. The summed E-state index contributed by atoms with van der Waals surface area (Å²) in [6, 6.07) is 0. The minimum atomic E-state index is -1.05. The maximum absolute atomic E-state index is 9.88. The van der Waals surface area contributed by atoms with Gasteiger partial charge in [-0.2, -0.15) is 0 Å². The van der Waals surface area contributed by atoms with Gasteiger partial charge in [-0.05, 0) is 6.08 Å². The molecule has 0 aromatic heterocycles. The van der Waals surface area contributed by atoms with Gasteiger partial charge in [0.2, 0.25) is 0 Å². The quantitative estimate of drug-likeness (QED) is 0.455. The normalized spacial score (nSPS) is 9.62. The van der Waals surface area contributed by atoms with Crippen LogP contribution in [-0.2, 0) is 4.79 Å². The van der Waals surface area contributed by atoms with Gasteiger partial charge in [0.25, 0.3) is 0 Å². The first-order valence-electron chi connectivity index (χ1n) is 1.87. The Kier molecular flexibility index (Phi) is 2.96. The van der Waals surface area contributed by atoms with Crippen LogP contribution in [0.4, 0.5) is 0 Å². The molecule has 0 aromatic rings. The molecule has 0 heterocycles. The van der Waals surface area contributed by atoms with Gasteiger partial charge < -0.3 is 5.11 Å². The van der Waals surface area contributed by atoms with Crippen molar-refractivity contribution >= 4 is 17.6 Å². The molecule has 0 aromatic carbocycles. The van der Waals surface area contributed by atoms with E-state index < -0.39 is 5.97 Å². The van der Waals surface area contributed by atoms with Crippen molar-refractivity contribution in [1.82, 2.24) is 0 Å². The maximum atomic E-state index is 9.88. The number of aliphatic carboxylic acids is 1. The van der Waals surface area contributed by atoms with Crippen LogP contribution in [0, 0.1) is 0 Å². The number of rotatable bonds is 2. The summed E-state index contributed by atoms with van der Waals surface area (Å²) in [6.07, 6.45) is 1.21. The van der Waals surface area contributed by atoms with E-state index in [0.717, 1.165) is 5.54 Å². The first-order chi connectivity index (χ1) is 3.68. The summed E-state index contributed by atoms with van der Waals surface area (Å²) in [5.41, 5.74) is 1.09. The zero-order valence-corrected chi connectivity index (χ0v) is 4.85. The van der Waals surface area contributed by atoms with Crippen molar-refractivity contribution in [2.24, 2.45) is 0 Å². The minimum Gasteiger partial charge on any atom is -0.478 e. The second kappa shape index (κ2) is 3.27. The number of hydrogen-bond donors (Lipinski definition) is 1. The number of halogens is 1. The lowest BCUT2D eigenvalue weighted by molar-refractivity contribution is -0.132. The van der Waals surface area contributed by atoms with Crippen molar-refractivity contribution in [2.75, 3.05) is 0 Å². The molecule has 8 heavy (non-hydrogen) atoms. The number of hydrogen-bond acceptors (Lipinski definition) is 1. The highest BCUT2D eigenvalue weighted by molar-refractivity contribution is 6.25. The van der Waals surface area contributed by atoms with Crippen LogP contribution < -0.4 is 0 Å². The van der Waals surface area contributed by atoms with Crippen LogP contribution >= 0.6 is 11.6 Å². The van der Waals surface area contributed by atoms with Crippen LogP contribution in [0.3, 0.4) is 0 Å². The summed E-state index contributed by atoms with van der Waals surface area (Å²) in [4.78, 5) is 9.88. The number of carboxylic acids is 1. The Labute approximate surface area is 52.1 Å². The van der Waals surface area contributed by atoms with Gasteiger partial charge in [0, 0.05) is 5.54 Å². The molecule has 0 aliphatic rings. The predicted octanol–water partition coefficient (Wildman–Crippen LogP) is 1.38. The molecule has 0 aliphatic heterocycles. The highest BCUT2D eigenvalue weighted by Crippen LogP contribution is 1.92. The smallest absolute Gasteiger partial charge is 0.335 e. The maximum Gasteiger partial charge on any atom is 0.335 e. The zero-order valence-electron chi connectivity index (χ0n) is 4.10. The van der Waals surface area contributed by atoms with Crippen LogP contribution in [0.1, 0.15) is 0 Å². The summed E-state index contributed by atoms with van der Waals surface area (Å²) >= 11 is 5.04. The number of carbonyl (C=O) groups is 1. The third kappa shape index (κ3) is 2.42. The highest BCUT2D eigenvalue weighted by atomic mass is 35.5. The Morgan fingerprint density at radius 1 is 1.75 bits per heavy atom. The first kappa shape index (κ1) is 7.24. The van der Waals surface area contributed by atoms with Crippen molar-refractivity contribution in [2.45, 2.75) is 0 Å². The summed E-state index contributed by atoms with van der Waals surface area (Å²) in [7, 11) is 0. The topological polar surface area (TPSA) is 37.3 Å². The average molecular weight is 133 g/mol. The molecule has 44 valence electrons. The van der Waals surface area contributed by atoms with E-state index in [1.165, 1.54) is 6.08 Å². The Bertz CT molecular complexity index is 137. The largest absolute Gasteiger partial charge is 0.478 e. The molecule has 0 saturated heterocycles. The van der Waals surface area contributed by atoms with Crippen molar-refractivity contribution < 1.29 is 9.90 Å². The van der Waals surface area contributed by atoms with E-state index in [1.807, 2.05) is 0 Å². The second-order valence-corrected chi connectivity index (χ2v) is 1.38. The molecule has 0 fully saturated rings. The van der Waals surface area contributed by atoms with Crippen molar-refractivity contribution in [3.05, 3.63) is 23.8 Å². The fourth-order valence-corrected chi connectivity index (χ4v) is 0.299. The third-order valence-electron chi connectivity index (χ3n) is 0.539. The summed E-state index contributed by atoms with van der Waals surface area (Å²) in [6.45, 7) is 3.17. The van der Waals surface area contributed by atoms with Gasteiger partial charge >= 0.3 is 5.97 Å². The molecular formula is C5H5ClO2. The molecule has 0 unspecified atom stereocenters. The molecule has 0 atom stereocenters. The van der Waals surface area contributed by atoms with E-state index >= 15 is 0 Å². The van der Waals surface area contributed by atoms with E-state index in [9.17, 15) is 4.79 Å². The van der Waals surface area contributed by atoms with Gasteiger partial charge in [-0.1, -0.05) is 18.2 Å². The third-order valence-corrected chi connectivity index (χ3v) is 0.665. The van der Waals surface area contributed by atoms with Gasteiger partial charge in [-0.3, -0.25) is 0 Å². The lowest BCUT2D eigenvalue weighted by Gasteiger charge is -1.84. The molecule has 0 aliphatic carbocycles. The Morgan fingerprint density at radius 3 is 2.38 bits per heavy atom. The Balaban J connectivity index is 3.85. The molecule has 0 bridgehead atoms. The van der Waals surface area contributed by atoms with E-state index in [2.05, 4.69) is 6.58 Å². The van der Waals surface area contributed by atoms with Crippen LogP contribution in [0.2, 0.25) is 0 Å². The molecule has 0 radical (unpaired) electrons. The Morgan fingerprint density at radius 2 is 2.25 bits per heavy atom. The first-order valence-corrected chi connectivity index (χ1v) is 2.31.